The van der Waals surface area contributed by atoms with Crippen molar-refractivity contribution in [2.45, 2.75) is 52.5 Å². The number of hydrogen-bond donors (Lipinski definition) is 1. The van der Waals surface area contributed by atoms with Gasteiger partial charge in [-0.2, -0.15) is 0 Å². The van der Waals surface area contributed by atoms with Gasteiger partial charge in [0.05, 0.1) is 0 Å². The van der Waals surface area contributed by atoms with Crippen LogP contribution in [-0.2, 0) is 0 Å². The maximum absolute atomic E-state index is 5.95. The maximum atomic E-state index is 5.95. The van der Waals surface area contributed by atoms with E-state index in [1.54, 1.807) is 0 Å². The molecule has 1 N–H and O–H groups in total. The summed E-state index contributed by atoms with van der Waals surface area (Å²) in [6.45, 7) is 7.89. The molecule has 0 bridgehead atoms. The molecule has 1 atom stereocenters. The van der Waals surface area contributed by atoms with Crippen molar-refractivity contribution in [3.8, 4) is 0 Å². The first-order valence-electron chi connectivity index (χ1n) is 7.20. The van der Waals surface area contributed by atoms with E-state index in [9.17, 15) is 0 Å². The molecule has 18 heavy (non-hydrogen) atoms. The average molecular weight is 268 g/mol. The third-order valence-corrected chi connectivity index (χ3v) is 3.91. The minimum Gasteiger partial charge on any atom is -0.310 e. The van der Waals surface area contributed by atoms with Crippen molar-refractivity contribution in [3.05, 3.63) is 34.9 Å². The summed E-state index contributed by atoms with van der Waals surface area (Å²) in [4.78, 5) is 0. The normalized spacial score (nSPS) is 12.9. The fourth-order valence-corrected chi connectivity index (χ4v) is 2.38. The molecular formula is C16H26ClN. The molecule has 0 spiro atoms. The van der Waals surface area contributed by atoms with Crippen molar-refractivity contribution >= 4 is 11.6 Å². The molecular weight excluding hydrogens is 242 g/mol. The Morgan fingerprint density at radius 1 is 1.06 bits per heavy atom. The molecule has 102 valence electrons. The molecule has 2 heteroatoms. The van der Waals surface area contributed by atoms with Crippen LogP contribution in [0.2, 0.25) is 5.02 Å². The van der Waals surface area contributed by atoms with Crippen molar-refractivity contribution in [1.82, 2.24) is 5.32 Å². The van der Waals surface area contributed by atoms with Gasteiger partial charge in [0.25, 0.3) is 0 Å². The fourth-order valence-electron chi connectivity index (χ4n) is 2.26. The van der Waals surface area contributed by atoms with Gasteiger partial charge in [-0.3, -0.25) is 0 Å². The first-order chi connectivity index (χ1) is 8.71. The Kier molecular flexibility index (Phi) is 7.38. The molecule has 1 rings (SSSR count). The minimum absolute atomic E-state index is 0.466. The lowest BCUT2D eigenvalue weighted by Crippen LogP contribution is -2.27. The molecule has 0 saturated carbocycles. The van der Waals surface area contributed by atoms with E-state index in [0.29, 0.717) is 6.04 Å². The van der Waals surface area contributed by atoms with Crippen LogP contribution in [0.4, 0.5) is 0 Å². The monoisotopic (exact) mass is 267 g/mol. The number of hydrogen-bond acceptors (Lipinski definition) is 1. The third kappa shape index (κ3) is 4.99. The molecule has 0 aliphatic heterocycles. The number of nitrogens with one attached hydrogen (secondary N) is 1. The summed E-state index contributed by atoms with van der Waals surface area (Å²) in [5, 5.41) is 4.53. The summed E-state index contributed by atoms with van der Waals surface area (Å²) in [6.07, 6.45) is 4.89. The van der Waals surface area contributed by atoms with Crippen LogP contribution in [0, 0.1) is 5.92 Å². The van der Waals surface area contributed by atoms with Gasteiger partial charge in [0.1, 0.15) is 0 Å². The van der Waals surface area contributed by atoms with E-state index in [2.05, 4.69) is 38.2 Å². The first-order valence-corrected chi connectivity index (χ1v) is 7.57. The Bertz CT molecular complexity index is 316. The molecule has 0 aromatic heterocycles. The summed E-state index contributed by atoms with van der Waals surface area (Å²) in [7, 11) is 0. The fraction of sp³-hybridized carbons (Fsp3) is 0.625. The van der Waals surface area contributed by atoms with E-state index in [0.717, 1.165) is 17.5 Å². The van der Waals surface area contributed by atoms with E-state index in [-0.39, 0.29) is 0 Å². The van der Waals surface area contributed by atoms with E-state index >= 15 is 0 Å². The smallest absolute Gasteiger partial charge is 0.0406 e. The van der Waals surface area contributed by atoms with Crippen molar-refractivity contribution in [3.63, 3.8) is 0 Å². The number of benzene rings is 1. The van der Waals surface area contributed by atoms with Crippen molar-refractivity contribution in [2.75, 3.05) is 6.54 Å². The highest BCUT2D eigenvalue weighted by Crippen LogP contribution is 2.21. The number of rotatable bonds is 8. The third-order valence-electron chi connectivity index (χ3n) is 3.66. The zero-order chi connectivity index (χ0) is 13.4. The molecule has 0 radical (unpaired) electrons. The van der Waals surface area contributed by atoms with Gasteiger partial charge in [0, 0.05) is 11.1 Å². The predicted octanol–water partition coefficient (Wildman–Crippen LogP) is 5.21. The molecule has 0 amide bonds. The maximum Gasteiger partial charge on any atom is 0.0406 e. The van der Waals surface area contributed by atoms with E-state index in [4.69, 9.17) is 11.6 Å². The van der Waals surface area contributed by atoms with Crippen LogP contribution in [0.1, 0.15) is 58.1 Å². The lowest BCUT2D eigenvalue weighted by atomic mass is 9.99. The van der Waals surface area contributed by atoms with Crippen molar-refractivity contribution in [2.24, 2.45) is 5.92 Å². The average Bonchev–Trinajstić information content (AvgIpc) is 2.39. The van der Waals surface area contributed by atoms with Gasteiger partial charge in [0.15, 0.2) is 0 Å². The zero-order valence-corrected chi connectivity index (χ0v) is 12.6. The second-order valence-corrected chi connectivity index (χ2v) is 5.42. The van der Waals surface area contributed by atoms with E-state index in [1.165, 1.54) is 31.2 Å². The second kappa shape index (κ2) is 8.55. The Morgan fingerprint density at radius 2 is 1.67 bits per heavy atom. The van der Waals surface area contributed by atoms with Crippen LogP contribution in [0.5, 0.6) is 0 Å². The van der Waals surface area contributed by atoms with Gasteiger partial charge >= 0.3 is 0 Å². The van der Waals surface area contributed by atoms with Gasteiger partial charge < -0.3 is 5.32 Å². The Hall–Kier alpha value is -0.530. The van der Waals surface area contributed by atoms with Gasteiger partial charge in [-0.1, -0.05) is 63.8 Å². The zero-order valence-electron chi connectivity index (χ0n) is 11.9. The minimum atomic E-state index is 0.466. The lowest BCUT2D eigenvalue weighted by molar-refractivity contribution is 0.398. The van der Waals surface area contributed by atoms with E-state index in [1.807, 2.05) is 12.1 Å². The Balaban J connectivity index is 2.61. The van der Waals surface area contributed by atoms with E-state index < -0.39 is 0 Å². The van der Waals surface area contributed by atoms with Crippen LogP contribution < -0.4 is 5.32 Å². The van der Waals surface area contributed by atoms with Crippen LogP contribution in [-0.4, -0.2) is 6.54 Å². The molecule has 1 nitrogen and oxygen atoms in total. The SMILES string of the molecule is CCCC(NCC(CC)CC)c1ccc(Cl)cc1. The highest BCUT2D eigenvalue weighted by atomic mass is 35.5. The highest BCUT2D eigenvalue weighted by Gasteiger charge is 2.12. The van der Waals surface area contributed by atoms with Crippen LogP contribution >= 0.6 is 11.6 Å². The summed E-state index contributed by atoms with van der Waals surface area (Å²) in [5.74, 6) is 0.789. The van der Waals surface area contributed by atoms with Crippen LogP contribution in [0.3, 0.4) is 0 Å². The quantitative estimate of drug-likeness (QED) is 0.682. The Labute approximate surface area is 117 Å². The molecule has 0 aliphatic rings. The van der Waals surface area contributed by atoms with Crippen molar-refractivity contribution < 1.29 is 0 Å². The topological polar surface area (TPSA) is 12.0 Å². The molecule has 1 unspecified atom stereocenters. The van der Waals surface area contributed by atoms with Gasteiger partial charge in [-0.05, 0) is 36.6 Å². The molecule has 1 aromatic carbocycles. The standard InChI is InChI=1S/C16H26ClN/c1-4-7-16(18-12-13(5-2)6-3)14-8-10-15(17)11-9-14/h8-11,13,16,18H,4-7,12H2,1-3H3. The summed E-state index contributed by atoms with van der Waals surface area (Å²) >= 11 is 5.95. The molecule has 0 fully saturated rings. The second-order valence-electron chi connectivity index (χ2n) is 4.98. The van der Waals surface area contributed by atoms with Gasteiger partial charge in [0.2, 0.25) is 0 Å². The Morgan fingerprint density at radius 3 is 2.17 bits per heavy atom. The summed E-state index contributed by atoms with van der Waals surface area (Å²) in [6, 6.07) is 8.72. The van der Waals surface area contributed by atoms with Crippen LogP contribution in [0.15, 0.2) is 24.3 Å². The summed E-state index contributed by atoms with van der Waals surface area (Å²) in [5.41, 5.74) is 1.35. The largest absolute Gasteiger partial charge is 0.310 e. The van der Waals surface area contributed by atoms with Gasteiger partial charge in [-0.25, -0.2) is 0 Å². The molecule has 0 saturated heterocycles. The lowest BCUT2D eigenvalue weighted by Gasteiger charge is -2.22. The van der Waals surface area contributed by atoms with Crippen molar-refractivity contribution in [1.29, 1.82) is 0 Å². The van der Waals surface area contributed by atoms with Gasteiger partial charge in [-0.15, -0.1) is 0 Å². The molecule has 0 aliphatic carbocycles. The first kappa shape index (κ1) is 15.5. The molecule has 0 heterocycles. The summed E-state index contributed by atoms with van der Waals surface area (Å²) < 4.78 is 0. The molecule has 1 aromatic rings. The predicted molar refractivity (Wildman–Crippen MR) is 81.2 cm³/mol. The van der Waals surface area contributed by atoms with Crippen LogP contribution in [0.25, 0.3) is 0 Å². The highest BCUT2D eigenvalue weighted by molar-refractivity contribution is 6.30. The number of halogens is 1.